The van der Waals surface area contributed by atoms with Crippen molar-refractivity contribution in [3.05, 3.63) is 211 Å². The van der Waals surface area contributed by atoms with Crippen molar-refractivity contribution in [3.8, 4) is 22.3 Å². The molecule has 0 aliphatic heterocycles. The van der Waals surface area contributed by atoms with Crippen molar-refractivity contribution < 1.29 is 26.2 Å². The molecule has 2 heteroatoms. The summed E-state index contributed by atoms with van der Waals surface area (Å²) in [4.78, 5) is 0. The van der Waals surface area contributed by atoms with Crippen LogP contribution in [0.2, 0.25) is 0 Å². The Kier molecular flexibility index (Phi) is 15.4. The van der Waals surface area contributed by atoms with Gasteiger partial charge in [-0.25, -0.2) is 9.85 Å². The van der Waals surface area contributed by atoms with Crippen molar-refractivity contribution in [2.45, 2.75) is 26.7 Å². The first-order chi connectivity index (χ1) is 24.2. The molecule has 8 rings (SSSR count). The summed E-state index contributed by atoms with van der Waals surface area (Å²) in [5.41, 5.74) is 10.6. The number of hydrogen-bond acceptors (Lipinski definition) is 0. The van der Waals surface area contributed by atoms with Crippen LogP contribution in [-0.4, -0.2) is 16.0 Å². The number of hydrogen-bond donors (Lipinski definition) is 0. The molecule has 244 valence electrons. The molecular weight excluding hydrogens is 696 g/mol. The van der Waals surface area contributed by atoms with E-state index in [1.807, 2.05) is 12.1 Å². The van der Waals surface area contributed by atoms with Crippen LogP contribution in [0.3, 0.4) is 0 Å². The SMILES string of the molecule is CCc1cc2c(-c3ccccc3)cccc2[cH-]1.CCc1cc2c(-c3ccccc3)cccc2[cH-]1.[CH-]=[SiH2].[Zr+4].c1ccc([CH-]c2ccccc2)cc1. The number of rotatable bonds is 6. The molecule has 0 fully saturated rings. The number of aryl methyl sites for hydroxylation is 2. The maximum absolute atomic E-state index is 4.53. The van der Waals surface area contributed by atoms with Crippen LogP contribution >= 0.6 is 0 Å². The second-order valence-corrected chi connectivity index (χ2v) is 11.7. The summed E-state index contributed by atoms with van der Waals surface area (Å²) in [6.45, 7) is 4.41. The van der Waals surface area contributed by atoms with E-state index in [1.165, 1.54) is 75.9 Å². The van der Waals surface area contributed by atoms with Crippen LogP contribution in [0.25, 0.3) is 43.8 Å². The van der Waals surface area contributed by atoms with Gasteiger partial charge in [-0.05, 0) is 24.0 Å². The first-order valence-corrected chi connectivity index (χ1v) is 17.9. The standard InChI is InChI=1S/2C17H15.C13H11.CH3Si.Zr/c2*1-2-13-11-15-9-6-10-16(17(15)12-13)14-7-4-3-5-8-14;1-3-7-12(8-4-1)11-13-9-5-2-6-10-13;1-2;/h2*3-12H,2H2,1H3;1-11H;1H,2H2;/q4*-1;+4. The van der Waals surface area contributed by atoms with Gasteiger partial charge in [0.05, 0.1) is 0 Å². The minimum absolute atomic E-state index is 0. The van der Waals surface area contributed by atoms with Gasteiger partial charge in [-0.1, -0.05) is 134 Å². The third-order valence-electron chi connectivity index (χ3n) is 8.54. The van der Waals surface area contributed by atoms with Crippen LogP contribution < -0.4 is 0 Å². The first-order valence-electron chi connectivity index (χ1n) is 17.0. The molecule has 0 unspecified atom stereocenters. The molecular formula is C48H44SiZr. The minimum Gasteiger partial charge on any atom is -0.533 e. The maximum atomic E-state index is 4.53. The molecule has 8 aromatic carbocycles. The first kappa shape index (κ1) is 38.2. The summed E-state index contributed by atoms with van der Waals surface area (Å²) in [6.07, 6.45) is 8.89. The number of fused-ring (bicyclic) bond motifs is 2. The molecule has 0 nitrogen and oxygen atoms in total. The Morgan fingerprint density at radius 1 is 0.460 bits per heavy atom. The van der Waals surface area contributed by atoms with E-state index in [4.69, 9.17) is 0 Å². The molecule has 0 aliphatic carbocycles. The van der Waals surface area contributed by atoms with E-state index in [2.05, 4.69) is 196 Å². The zero-order valence-electron chi connectivity index (χ0n) is 29.1. The molecule has 0 saturated heterocycles. The second kappa shape index (κ2) is 20.1. The van der Waals surface area contributed by atoms with Gasteiger partial charge in [0.1, 0.15) is 0 Å². The van der Waals surface area contributed by atoms with Crippen LogP contribution in [0.5, 0.6) is 0 Å². The monoisotopic (exact) mass is 738 g/mol. The Morgan fingerprint density at radius 2 is 0.800 bits per heavy atom. The zero-order valence-corrected chi connectivity index (χ0v) is 33.0. The summed E-state index contributed by atoms with van der Waals surface area (Å²) in [5.74, 6) is 0. The molecule has 0 amide bonds. The Labute approximate surface area is 321 Å². The van der Waals surface area contributed by atoms with Gasteiger partial charge in [-0.2, -0.15) is 12.1 Å². The van der Waals surface area contributed by atoms with Crippen LogP contribution in [0, 0.1) is 6.42 Å². The fourth-order valence-electron chi connectivity index (χ4n) is 6.03. The van der Waals surface area contributed by atoms with Gasteiger partial charge in [-0.15, -0.1) is 111 Å². The predicted molar refractivity (Wildman–Crippen MR) is 219 cm³/mol. The molecule has 0 atom stereocenters. The Hall–Kier alpha value is -4.62. The summed E-state index contributed by atoms with van der Waals surface area (Å²) < 4.78 is 0. The topological polar surface area (TPSA) is 0 Å². The van der Waals surface area contributed by atoms with E-state index in [0.717, 1.165) is 12.8 Å². The van der Waals surface area contributed by atoms with Gasteiger partial charge >= 0.3 is 26.2 Å². The summed E-state index contributed by atoms with van der Waals surface area (Å²) >= 11 is 0. The van der Waals surface area contributed by atoms with E-state index in [0.29, 0.717) is 0 Å². The van der Waals surface area contributed by atoms with Gasteiger partial charge in [-0.3, -0.25) is 0 Å². The van der Waals surface area contributed by atoms with Crippen molar-refractivity contribution >= 4 is 37.6 Å². The Morgan fingerprint density at radius 3 is 1.14 bits per heavy atom. The average Bonchev–Trinajstić information content (AvgIpc) is 3.82. The Bertz CT molecular complexity index is 1970. The van der Waals surface area contributed by atoms with Crippen LogP contribution in [0.1, 0.15) is 36.1 Å². The predicted octanol–water partition coefficient (Wildman–Crippen LogP) is 11.8. The van der Waals surface area contributed by atoms with E-state index >= 15 is 0 Å². The fourth-order valence-corrected chi connectivity index (χ4v) is 6.03. The molecule has 8 aromatic rings. The third-order valence-corrected chi connectivity index (χ3v) is 8.54. The molecule has 0 aliphatic rings. The maximum Gasteiger partial charge on any atom is 4.00 e. The quantitative estimate of drug-likeness (QED) is 0.118. The molecule has 0 aromatic heterocycles. The fraction of sp³-hybridized carbons (Fsp3) is 0.0833. The van der Waals surface area contributed by atoms with E-state index < -0.39 is 0 Å². The molecule has 0 radical (unpaired) electrons. The van der Waals surface area contributed by atoms with E-state index in [9.17, 15) is 0 Å². The largest absolute Gasteiger partial charge is 4.00 e. The van der Waals surface area contributed by atoms with Crippen molar-refractivity contribution in [2.75, 3.05) is 0 Å². The number of benzene rings is 6. The zero-order chi connectivity index (χ0) is 34.3. The third kappa shape index (κ3) is 10.2. The summed E-state index contributed by atoms with van der Waals surface area (Å²) in [7, 11) is 1.36. The summed E-state index contributed by atoms with van der Waals surface area (Å²) in [6, 6.07) is 64.2. The van der Waals surface area contributed by atoms with Crippen LogP contribution in [-0.2, 0) is 39.0 Å². The molecule has 0 N–H and O–H groups in total. The normalized spacial score (nSPS) is 9.96. The van der Waals surface area contributed by atoms with Gasteiger partial charge in [0.2, 0.25) is 0 Å². The van der Waals surface area contributed by atoms with Crippen LogP contribution in [0.15, 0.2) is 182 Å². The van der Waals surface area contributed by atoms with Gasteiger partial charge in [0.15, 0.2) is 0 Å². The smallest absolute Gasteiger partial charge is 0.533 e. The summed E-state index contributed by atoms with van der Waals surface area (Å²) in [5, 5.41) is 5.44. The van der Waals surface area contributed by atoms with Crippen molar-refractivity contribution in [3.63, 3.8) is 0 Å². The van der Waals surface area contributed by atoms with Crippen molar-refractivity contribution in [1.29, 1.82) is 0 Å². The van der Waals surface area contributed by atoms with E-state index in [1.54, 1.807) is 0 Å². The van der Waals surface area contributed by atoms with Gasteiger partial charge in [0.25, 0.3) is 0 Å². The van der Waals surface area contributed by atoms with Crippen molar-refractivity contribution in [2.24, 2.45) is 0 Å². The molecule has 0 bridgehead atoms. The average molecular weight is 740 g/mol. The van der Waals surface area contributed by atoms with Gasteiger partial charge < -0.3 is 6.17 Å². The Balaban J connectivity index is 0.000000164. The van der Waals surface area contributed by atoms with Gasteiger partial charge in [0, 0.05) is 0 Å². The molecule has 0 saturated carbocycles. The molecule has 0 heterocycles. The molecule has 0 spiro atoms. The molecule has 50 heavy (non-hydrogen) atoms. The second-order valence-electron chi connectivity index (χ2n) is 11.7. The van der Waals surface area contributed by atoms with E-state index in [-0.39, 0.29) is 26.2 Å². The van der Waals surface area contributed by atoms with Crippen molar-refractivity contribution in [1.82, 2.24) is 0 Å². The van der Waals surface area contributed by atoms with Crippen LogP contribution in [0.4, 0.5) is 0 Å². The minimum atomic E-state index is 0.